The summed E-state index contributed by atoms with van der Waals surface area (Å²) >= 11 is 0. The topological polar surface area (TPSA) is 29.4 Å². The zero-order valence-electron chi connectivity index (χ0n) is 3.85. The van der Waals surface area contributed by atoms with Gasteiger partial charge in [0.15, 0.2) is 0 Å². The van der Waals surface area contributed by atoms with Gasteiger partial charge in [-0.1, -0.05) is 0 Å². The van der Waals surface area contributed by atoms with Gasteiger partial charge in [0.1, 0.15) is 5.94 Å². The Labute approximate surface area is 41.6 Å². The Hall–Kier alpha value is -0.880. The summed E-state index contributed by atoms with van der Waals surface area (Å²) in [6, 6.07) is 0. The number of rotatable bonds is 0. The Morgan fingerprint density at radius 2 is 2.71 bits per heavy atom. The highest BCUT2D eigenvalue weighted by molar-refractivity contribution is 5.90. The Kier molecular flexibility index (Phi) is 1.05. The Morgan fingerprint density at radius 1 is 1.86 bits per heavy atom. The molecular weight excluding hydrogens is 90.1 g/mol. The van der Waals surface area contributed by atoms with Gasteiger partial charge in [-0.15, -0.1) is 0 Å². The lowest BCUT2D eigenvalue weighted by molar-refractivity contribution is 0.567. The van der Waals surface area contributed by atoms with E-state index in [1.807, 2.05) is 0 Å². The molecule has 1 rings (SSSR count). The van der Waals surface area contributed by atoms with Gasteiger partial charge >= 0.3 is 0 Å². The van der Waals surface area contributed by atoms with Gasteiger partial charge in [-0.2, -0.15) is 0 Å². The Balaban J connectivity index is 2.77. The molecule has 2 nitrogen and oxygen atoms in total. The molecule has 0 aliphatic carbocycles. The summed E-state index contributed by atoms with van der Waals surface area (Å²) in [5.74, 6) is 1.78. The van der Waals surface area contributed by atoms with Crippen LogP contribution in [0, 0.1) is 0 Å². The first kappa shape index (κ1) is 4.28. The van der Waals surface area contributed by atoms with E-state index >= 15 is 0 Å². The van der Waals surface area contributed by atoms with E-state index in [4.69, 9.17) is 0 Å². The third-order valence-electron chi connectivity index (χ3n) is 0.888. The van der Waals surface area contributed by atoms with Crippen LogP contribution in [0.1, 0.15) is 6.42 Å². The molecule has 1 aliphatic heterocycles. The number of hydrogen-bond acceptors (Lipinski definition) is 2. The highest BCUT2D eigenvalue weighted by atomic mass is 16.1. The molecule has 1 aliphatic rings. The van der Waals surface area contributed by atoms with Crippen LogP contribution in [0.3, 0.4) is 0 Å². The van der Waals surface area contributed by atoms with Crippen LogP contribution in [-0.4, -0.2) is 18.7 Å². The van der Waals surface area contributed by atoms with Gasteiger partial charge in [0.05, 0.1) is 5.57 Å². The van der Waals surface area contributed by atoms with Gasteiger partial charge in [0.2, 0.25) is 0 Å². The molecule has 0 aromatic heterocycles. The van der Waals surface area contributed by atoms with Crippen molar-refractivity contribution >= 4 is 12.2 Å². The summed E-state index contributed by atoms with van der Waals surface area (Å²) < 4.78 is 0. The van der Waals surface area contributed by atoms with Crippen molar-refractivity contribution in [3.63, 3.8) is 0 Å². The lowest BCUT2D eigenvalue weighted by Crippen LogP contribution is -1.75. The number of nitrogens with zero attached hydrogens (tertiary/aromatic N) is 1. The van der Waals surface area contributed by atoms with Crippen molar-refractivity contribution in [2.75, 3.05) is 6.54 Å². The average Bonchev–Trinajstić information content (AvgIpc) is 2.14. The fourth-order valence-corrected chi connectivity index (χ4v) is 0.502. The lowest BCUT2D eigenvalue weighted by atomic mass is 10.3. The van der Waals surface area contributed by atoms with Crippen LogP contribution in [0.5, 0.6) is 0 Å². The summed E-state index contributed by atoms with van der Waals surface area (Å²) in [6.07, 6.45) is 2.36. The van der Waals surface area contributed by atoms with Crippen molar-refractivity contribution in [3.8, 4) is 0 Å². The predicted octanol–water partition coefficient (Wildman–Crippen LogP) is 0.219. The van der Waals surface area contributed by atoms with Crippen LogP contribution in [0.15, 0.2) is 10.6 Å². The summed E-state index contributed by atoms with van der Waals surface area (Å²) in [5, 5.41) is 0. The van der Waals surface area contributed by atoms with Crippen molar-refractivity contribution in [3.05, 3.63) is 5.57 Å². The number of aliphatic imine (C=N–C) groups is 1. The highest BCUT2D eigenvalue weighted by Crippen LogP contribution is 1.99. The van der Waals surface area contributed by atoms with Crippen LogP contribution in [0.4, 0.5) is 0 Å². The van der Waals surface area contributed by atoms with Gasteiger partial charge in [-0.3, -0.25) is 4.99 Å². The molecule has 0 saturated carbocycles. The largest absolute Gasteiger partial charge is 0.292 e. The molecule has 1 heterocycles. The average molecular weight is 95.1 g/mol. The molecule has 36 valence electrons. The fourth-order valence-electron chi connectivity index (χ4n) is 0.502. The van der Waals surface area contributed by atoms with E-state index in [9.17, 15) is 4.79 Å². The molecule has 0 atom stereocenters. The van der Waals surface area contributed by atoms with E-state index in [1.54, 1.807) is 12.2 Å². The summed E-state index contributed by atoms with van der Waals surface area (Å²) in [7, 11) is 0. The Morgan fingerprint density at radius 3 is 3.00 bits per heavy atom. The van der Waals surface area contributed by atoms with Crippen molar-refractivity contribution in [2.24, 2.45) is 4.99 Å². The van der Waals surface area contributed by atoms with Crippen LogP contribution in [-0.2, 0) is 4.79 Å². The van der Waals surface area contributed by atoms with E-state index in [0.717, 1.165) is 13.0 Å². The number of carbonyl (C=O) groups excluding carboxylic acids is 1. The van der Waals surface area contributed by atoms with Crippen molar-refractivity contribution < 1.29 is 4.79 Å². The smallest absolute Gasteiger partial charge is 0.129 e. The van der Waals surface area contributed by atoms with E-state index in [-0.39, 0.29) is 0 Å². The van der Waals surface area contributed by atoms with Gasteiger partial charge in [0.25, 0.3) is 0 Å². The second-order valence-electron chi connectivity index (χ2n) is 1.41. The number of hydrogen-bond donors (Lipinski definition) is 0. The van der Waals surface area contributed by atoms with E-state index in [1.165, 1.54) is 0 Å². The van der Waals surface area contributed by atoms with Crippen molar-refractivity contribution in [1.29, 1.82) is 0 Å². The van der Waals surface area contributed by atoms with Crippen LogP contribution >= 0.6 is 0 Å². The van der Waals surface area contributed by atoms with E-state index in [0.29, 0.717) is 5.57 Å². The molecular formula is C5H5NO. The van der Waals surface area contributed by atoms with E-state index < -0.39 is 0 Å². The zero-order chi connectivity index (χ0) is 5.11. The molecule has 0 saturated heterocycles. The molecule has 0 bridgehead atoms. The van der Waals surface area contributed by atoms with E-state index in [2.05, 4.69) is 4.99 Å². The highest BCUT2D eigenvalue weighted by Gasteiger charge is 1.98. The Bertz CT molecular complexity index is 142. The first-order valence-corrected chi connectivity index (χ1v) is 2.17. The maximum absolute atomic E-state index is 9.75. The molecule has 0 unspecified atom stereocenters. The molecule has 0 aromatic carbocycles. The predicted molar refractivity (Wildman–Crippen MR) is 27.2 cm³/mol. The minimum atomic E-state index is 0.694. The van der Waals surface area contributed by atoms with Gasteiger partial charge in [-0.25, -0.2) is 4.79 Å². The lowest BCUT2D eigenvalue weighted by Gasteiger charge is -1.72. The molecule has 0 radical (unpaired) electrons. The van der Waals surface area contributed by atoms with Crippen molar-refractivity contribution in [2.45, 2.75) is 6.42 Å². The third kappa shape index (κ3) is 0.756. The fraction of sp³-hybridized carbons (Fsp3) is 0.400. The summed E-state index contributed by atoms with van der Waals surface area (Å²) in [6.45, 7) is 0.768. The second-order valence-corrected chi connectivity index (χ2v) is 1.41. The summed E-state index contributed by atoms with van der Waals surface area (Å²) in [5.41, 5.74) is 0.694. The quantitative estimate of drug-likeness (QED) is 0.396. The molecule has 0 spiro atoms. The monoisotopic (exact) mass is 95.0 g/mol. The van der Waals surface area contributed by atoms with Crippen LogP contribution < -0.4 is 0 Å². The SMILES string of the molecule is O=C=C1C=NCC1. The molecule has 0 N–H and O–H groups in total. The van der Waals surface area contributed by atoms with Gasteiger partial charge < -0.3 is 0 Å². The molecule has 0 amide bonds. The first-order chi connectivity index (χ1) is 3.43. The van der Waals surface area contributed by atoms with Crippen LogP contribution in [0.2, 0.25) is 0 Å². The summed E-state index contributed by atoms with van der Waals surface area (Å²) in [4.78, 5) is 13.6. The van der Waals surface area contributed by atoms with Gasteiger partial charge in [-0.05, 0) is 0 Å². The van der Waals surface area contributed by atoms with Crippen molar-refractivity contribution in [1.82, 2.24) is 0 Å². The second kappa shape index (κ2) is 1.71. The molecule has 0 aromatic rings. The van der Waals surface area contributed by atoms with Gasteiger partial charge in [0, 0.05) is 19.2 Å². The maximum Gasteiger partial charge on any atom is 0.129 e. The minimum Gasteiger partial charge on any atom is -0.292 e. The normalized spacial score (nSPS) is 17.4. The first-order valence-electron chi connectivity index (χ1n) is 2.17. The molecule has 2 heteroatoms. The maximum atomic E-state index is 9.75. The molecule has 7 heavy (non-hydrogen) atoms. The third-order valence-corrected chi connectivity index (χ3v) is 0.888. The standard InChI is InChI=1S/C5H5NO/c7-4-5-1-2-6-3-5/h3H,1-2H2. The van der Waals surface area contributed by atoms with Crippen LogP contribution in [0.25, 0.3) is 0 Å². The molecule has 0 fully saturated rings. The zero-order valence-corrected chi connectivity index (χ0v) is 3.85. The minimum absolute atomic E-state index is 0.694.